The monoisotopic (exact) mass is 757 g/mol. The van der Waals surface area contributed by atoms with Crippen LogP contribution >= 0.6 is 12.4 Å². The topological polar surface area (TPSA) is 230 Å². The van der Waals surface area contributed by atoms with E-state index in [1.54, 1.807) is 38.4 Å². The molecular formula is C30H64ClN3O12S2. The summed E-state index contributed by atoms with van der Waals surface area (Å²) in [5.74, 6) is -0.0347. The second-order valence-electron chi connectivity index (χ2n) is 9.95. The van der Waals surface area contributed by atoms with Gasteiger partial charge in [-0.3, -0.25) is 8.98 Å². The van der Waals surface area contributed by atoms with Crippen molar-refractivity contribution in [3.63, 3.8) is 0 Å². The molecule has 0 bridgehead atoms. The minimum atomic E-state index is -3.24. The van der Waals surface area contributed by atoms with Crippen molar-refractivity contribution in [2.45, 2.75) is 89.9 Å². The van der Waals surface area contributed by atoms with Crippen molar-refractivity contribution in [3.8, 4) is 0 Å². The van der Waals surface area contributed by atoms with Gasteiger partial charge in [-0.1, -0.05) is 48.0 Å². The molecule has 18 heteroatoms. The molecular weight excluding hydrogens is 694 g/mol. The zero-order valence-electron chi connectivity index (χ0n) is 29.3. The number of aliphatic hydroxyl groups excluding tert-OH is 4. The second kappa shape index (κ2) is 31.3. The highest BCUT2D eigenvalue weighted by atomic mass is 35.5. The number of nitrogens with one attached hydrogen (secondary N) is 3. The van der Waals surface area contributed by atoms with Crippen LogP contribution in [0.25, 0.3) is 0 Å². The van der Waals surface area contributed by atoms with Gasteiger partial charge in [0.05, 0.1) is 43.4 Å². The lowest BCUT2D eigenvalue weighted by Crippen LogP contribution is -2.62. The summed E-state index contributed by atoms with van der Waals surface area (Å²) in [7, 11) is 1.28. The van der Waals surface area contributed by atoms with Gasteiger partial charge in [0.2, 0.25) is 0 Å². The van der Waals surface area contributed by atoms with Gasteiger partial charge in [0.1, 0.15) is 18.3 Å². The number of unbranched alkanes of at least 4 members (excludes halogenated alkanes) is 1. The predicted octanol–water partition coefficient (Wildman–Crippen LogP) is 1.39. The number of halogens is 1. The molecule has 0 amide bonds. The van der Waals surface area contributed by atoms with E-state index in [9.17, 15) is 36.9 Å². The summed E-state index contributed by atoms with van der Waals surface area (Å²) in [6.07, 6.45) is 0.195. The smallest absolute Gasteiger partial charge is 0.308 e. The summed E-state index contributed by atoms with van der Waals surface area (Å²) in [5.41, 5.74) is 0.905. The van der Waals surface area contributed by atoms with Crippen LogP contribution in [-0.2, 0) is 38.4 Å². The van der Waals surface area contributed by atoms with Crippen LogP contribution in [0.3, 0.4) is 0 Å². The first kappa shape index (κ1) is 55.8. The van der Waals surface area contributed by atoms with Gasteiger partial charge in [-0.2, -0.15) is 8.42 Å². The van der Waals surface area contributed by atoms with E-state index in [2.05, 4.69) is 38.7 Å². The minimum Gasteiger partial charge on any atom is -0.469 e. The molecule has 6 atom stereocenters. The van der Waals surface area contributed by atoms with Gasteiger partial charge in [0, 0.05) is 25.5 Å². The fourth-order valence-corrected chi connectivity index (χ4v) is 4.21. The lowest BCUT2D eigenvalue weighted by Gasteiger charge is -2.39. The van der Waals surface area contributed by atoms with Crippen LogP contribution < -0.4 is 16.0 Å². The number of rotatable bonds is 11. The molecule has 1 aliphatic rings. The number of benzene rings is 1. The summed E-state index contributed by atoms with van der Waals surface area (Å²) in [4.78, 5) is 10.9. The lowest BCUT2D eigenvalue weighted by molar-refractivity contribution is -0.253. The largest absolute Gasteiger partial charge is 0.469 e. The number of anilines is 1. The molecule has 48 heavy (non-hydrogen) atoms. The molecule has 0 radical (unpaired) electrons. The van der Waals surface area contributed by atoms with Crippen LogP contribution in [-0.4, -0.2) is 134 Å². The molecule has 290 valence electrons. The van der Waals surface area contributed by atoms with E-state index < -0.39 is 57.2 Å². The Labute approximate surface area is 295 Å². The van der Waals surface area contributed by atoms with Gasteiger partial charge in [-0.05, 0) is 44.8 Å². The summed E-state index contributed by atoms with van der Waals surface area (Å²) in [6, 6.07) is 5.90. The van der Waals surface area contributed by atoms with Crippen molar-refractivity contribution in [3.05, 3.63) is 24.3 Å². The molecule has 7 N–H and O–H groups in total. The molecule has 0 spiro atoms. The standard InChI is InChI=1S/C8H11NO2S.C7H15NO5.C6H12O2.C4H11NO3S.C4H10.CH4.ClH/c1-9-7-3-5-8(6-4-7)12(2,10)11;1-8-4-6(11)5(10)3(2-9)13-7(4)12;1-4-5(2)6(7)8-3;1-5-3-4-9(6,7)8-2;1-3-4-2;;/h3-6,9H,1-2H3;3-12H,2H2,1H3;5H,4H2,1-3H3;5H,3-4H2,1-2H3;3-4H2,1-2H3;1H4;1H. The normalized spacial score (nSPS) is 20.3. The first-order chi connectivity index (χ1) is 21.4. The molecule has 1 saturated heterocycles. The van der Waals surface area contributed by atoms with Crippen molar-refractivity contribution in [2.75, 3.05) is 65.8 Å². The van der Waals surface area contributed by atoms with E-state index in [0.717, 1.165) is 19.2 Å². The third kappa shape index (κ3) is 25.3. The van der Waals surface area contributed by atoms with Gasteiger partial charge in [0.25, 0.3) is 10.1 Å². The highest BCUT2D eigenvalue weighted by molar-refractivity contribution is 7.90. The molecule has 2 rings (SSSR count). The summed E-state index contributed by atoms with van der Waals surface area (Å²) < 4.78 is 56.5. The Balaban J connectivity index is -0.000000165. The van der Waals surface area contributed by atoms with Crippen LogP contribution in [0.1, 0.15) is 54.4 Å². The summed E-state index contributed by atoms with van der Waals surface area (Å²) >= 11 is 0. The van der Waals surface area contributed by atoms with Gasteiger partial charge >= 0.3 is 5.97 Å². The maximum absolute atomic E-state index is 11.0. The predicted molar refractivity (Wildman–Crippen MR) is 193 cm³/mol. The maximum Gasteiger partial charge on any atom is 0.308 e. The molecule has 15 nitrogen and oxygen atoms in total. The van der Waals surface area contributed by atoms with Crippen molar-refractivity contribution in [1.29, 1.82) is 0 Å². The van der Waals surface area contributed by atoms with E-state index in [1.807, 2.05) is 13.8 Å². The van der Waals surface area contributed by atoms with Crippen LogP contribution in [0.2, 0.25) is 0 Å². The Bertz CT molecular complexity index is 1110. The summed E-state index contributed by atoms with van der Waals surface area (Å²) in [6.45, 7) is 8.16. The second-order valence-corrected chi connectivity index (χ2v) is 13.8. The Morgan fingerprint density at radius 1 is 0.958 bits per heavy atom. The van der Waals surface area contributed by atoms with Crippen molar-refractivity contribution < 1.29 is 55.7 Å². The van der Waals surface area contributed by atoms with E-state index in [-0.39, 0.29) is 37.5 Å². The van der Waals surface area contributed by atoms with Crippen molar-refractivity contribution >= 4 is 44.0 Å². The number of hydrogen-bond acceptors (Lipinski definition) is 15. The van der Waals surface area contributed by atoms with Gasteiger partial charge in [-0.25, -0.2) is 8.42 Å². The van der Waals surface area contributed by atoms with E-state index in [0.29, 0.717) is 11.4 Å². The molecule has 1 heterocycles. The van der Waals surface area contributed by atoms with Crippen molar-refractivity contribution in [1.82, 2.24) is 10.6 Å². The molecule has 1 aromatic carbocycles. The average molecular weight is 758 g/mol. The number of likely N-dealkylation sites (N-methyl/N-ethyl adjacent to an activating group) is 1. The Hall–Kier alpha value is -1.64. The molecule has 6 unspecified atom stereocenters. The third-order valence-corrected chi connectivity index (χ3v) is 8.72. The number of hydrogen-bond donors (Lipinski definition) is 7. The lowest BCUT2D eigenvalue weighted by atomic mass is 9.97. The molecule has 0 saturated carbocycles. The van der Waals surface area contributed by atoms with Crippen LogP contribution in [0.4, 0.5) is 5.69 Å². The maximum atomic E-state index is 11.0. The number of esters is 1. The number of aliphatic hydroxyl groups is 4. The van der Waals surface area contributed by atoms with E-state index in [4.69, 9.17) is 9.84 Å². The Kier molecular flexibility index (Phi) is 36.4. The number of methoxy groups -OCH3 is 1. The minimum absolute atomic E-state index is 0. The van der Waals surface area contributed by atoms with Gasteiger partial charge in [-0.15, -0.1) is 12.4 Å². The molecule has 1 aromatic rings. The molecule has 0 aliphatic carbocycles. The Morgan fingerprint density at radius 3 is 1.75 bits per heavy atom. The highest BCUT2D eigenvalue weighted by Crippen LogP contribution is 2.19. The average Bonchev–Trinajstić information content (AvgIpc) is 3.05. The van der Waals surface area contributed by atoms with E-state index >= 15 is 0 Å². The van der Waals surface area contributed by atoms with E-state index in [1.165, 1.54) is 33.3 Å². The first-order valence-electron chi connectivity index (χ1n) is 14.9. The summed E-state index contributed by atoms with van der Waals surface area (Å²) in [5, 5.41) is 45.1. The van der Waals surface area contributed by atoms with Gasteiger partial charge < -0.3 is 45.9 Å². The number of sulfone groups is 1. The highest BCUT2D eigenvalue weighted by Gasteiger charge is 2.42. The molecule has 1 aliphatic heterocycles. The Morgan fingerprint density at radius 2 is 1.46 bits per heavy atom. The quantitative estimate of drug-likeness (QED) is 0.125. The molecule has 1 fully saturated rings. The third-order valence-electron chi connectivity index (χ3n) is 6.38. The molecule has 0 aromatic heterocycles. The number of carbonyl (C=O) groups is 1. The number of ether oxygens (including phenoxy) is 2. The van der Waals surface area contributed by atoms with Crippen LogP contribution in [0, 0.1) is 5.92 Å². The number of carbonyl (C=O) groups excluding carboxylic acids is 1. The fourth-order valence-electron chi connectivity index (χ4n) is 2.96. The van der Waals surface area contributed by atoms with Crippen molar-refractivity contribution in [2.24, 2.45) is 5.92 Å². The fraction of sp³-hybridized carbons (Fsp3) is 0.767. The SMILES string of the molecule is C.CCC(C)C(=O)OC.CCCC.CNC1C(O)OC(CO)C(O)C1O.CNCCS(=O)(=O)OC.CNc1ccc(S(C)(=O)=O)cc1.Cl. The zero-order chi connectivity index (χ0) is 36.5. The van der Waals surface area contributed by atoms with Crippen LogP contribution in [0.15, 0.2) is 29.2 Å². The van der Waals surface area contributed by atoms with Crippen LogP contribution in [0.5, 0.6) is 0 Å². The zero-order valence-corrected chi connectivity index (χ0v) is 31.7. The van der Waals surface area contributed by atoms with Gasteiger partial charge in [0.15, 0.2) is 16.1 Å². The first-order valence-corrected chi connectivity index (χ1v) is 18.3.